The Morgan fingerprint density at radius 1 is 1.33 bits per heavy atom. The van der Waals surface area contributed by atoms with Gasteiger partial charge in [-0.15, -0.1) is 0 Å². The highest BCUT2D eigenvalue weighted by molar-refractivity contribution is 5.76. The molecule has 1 N–H and O–H groups in total. The van der Waals surface area contributed by atoms with E-state index in [1.165, 1.54) is 0 Å². The molecule has 3 heterocycles. The average molecular weight is 326 g/mol. The van der Waals surface area contributed by atoms with Crippen molar-refractivity contribution in [2.45, 2.75) is 38.1 Å². The van der Waals surface area contributed by atoms with Crippen molar-refractivity contribution in [2.75, 3.05) is 13.2 Å². The molecule has 1 saturated heterocycles. The molecule has 6 heteroatoms. The van der Waals surface area contributed by atoms with Gasteiger partial charge in [-0.25, -0.2) is 9.97 Å². The fourth-order valence-electron chi connectivity index (χ4n) is 2.73. The Morgan fingerprint density at radius 3 is 3.08 bits per heavy atom. The molecular formula is C18H22N4O2. The van der Waals surface area contributed by atoms with Gasteiger partial charge >= 0.3 is 0 Å². The van der Waals surface area contributed by atoms with Crippen molar-refractivity contribution in [1.29, 1.82) is 0 Å². The van der Waals surface area contributed by atoms with Gasteiger partial charge in [-0.3, -0.25) is 9.78 Å². The first-order valence-electron chi connectivity index (χ1n) is 8.36. The minimum absolute atomic E-state index is 0.0139. The second-order valence-electron chi connectivity index (χ2n) is 5.96. The summed E-state index contributed by atoms with van der Waals surface area (Å²) in [6.45, 7) is 1.93. The second-order valence-corrected chi connectivity index (χ2v) is 5.96. The van der Waals surface area contributed by atoms with Crippen LogP contribution in [0.1, 0.15) is 42.3 Å². The number of rotatable bonds is 6. The molecule has 2 aromatic heterocycles. The number of nitrogens with zero attached hydrogens (tertiary/aromatic N) is 3. The third-order valence-corrected chi connectivity index (χ3v) is 4.09. The summed E-state index contributed by atoms with van der Waals surface area (Å²) in [4.78, 5) is 25.0. The van der Waals surface area contributed by atoms with E-state index >= 15 is 0 Å². The quantitative estimate of drug-likeness (QED) is 0.879. The molecule has 1 fully saturated rings. The Bertz CT molecular complexity index is 657. The fraction of sp³-hybridized carbons (Fsp3) is 0.444. The monoisotopic (exact) mass is 326 g/mol. The molecule has 2 aromatic rings. The lowest BCUT2D eigenvalue weighted by molar-refractivity contribution is -0.121. The van der Waals surface area contributed by atoms with Crippen LogP contribution < -0.4 is 5.32 Å². The van der Waals surface area contributed by atoms with Crippen LogP contribution >= 0.6 is 0 Å². The molecule has 1 amide bonds. The van der Waals surface area contributed by atoms with Crippen LogP contribution in [0.5, 0.6) is 0 Å². The van der Waals surface area contributed by atoms with Crippen LogP contribution in [0.2, 0.25) is 0 Å². The van der Waals surface area contributed by atoms with Gasteiger partial charge in [0.2, 0.25) is 5.91 Å². The van der Waals surface area contributed by atoms with E-state index in [2.05, 4.69) is 20.3 Å². The summed E-state index contributed by atoms with van der Waals surface area (Å²) in [7, 11) is 0. The normalized spacial score (nSPS) is 17.4. The van der Waals surface area contributed by atoms with Crippen LogP contribution in [0.25, 0.3) is 0 Å². The molecule has 0 aromatic carbocycles. The third kappa shape index (κ3) is 4.83. The lowest BCUT2D eigenvalue weighted by atomic mass is 10.0. The molecular weight excluding hydrogens is 304 g/mol. The van der Waals surface area contributed by atoms with Crippen LogP contribution in [0.4, 0.5) is 0 Å². The number of carbonyl (C=O) groups is 1. The minimum atomic E-state index is 0.0139. The first kappa shape index (κ1) is 16.5. The van der Waals surface area contributed by atoms with Crippen LogP contribution in [0, 0.1) is 0 Å². The molecule has 126 valence electrons. The minimum Gasteiger partial charge on any atom is -0.381 e. The number of hydrogen-bond donors (Lipinski definition) is 1. The maximum Gasteiger partial charge on any atom is 0.220 e. The number of carbonyl (C=O) groups excluding carboxylic acids is 1. The Balaban J connectivity index is 1.48. The van der Waals surface area contributed by atoms with Gasteiger partial charge in [0.15, 0.2) is 0 Å². The molecule has 0 radical (unpaired) electrons. The van der Waals surface area contributed by atoms with Gasteiger partial charge in [0, 0.05) is 37.5 Å². The van der Waals surface area contributed by atoms with Gasteiger partial charge < -0.3 is 10.1 Å². The predicted molar refractivity (Wildman–Crippen MR) is 89.2 cm³/mol. The average Bonchev–Trinajstić information content (AvgIpc) is 2.66. The summed E-state index contributed by atoms with van der Waals surface area (Å²) in [6.07, 6.45) is 8.51. The van der Waals surface area contributed by atoms with E-state index in [1.54, 1.807) is 18.6 Å². The molecule has 0 saturated carbocycles. The van der Waals surface area contributed by atoms with Gasteiger partial charge in [-0.05, 0) is 37.0 Å². The first-order chi connectivity index (χ1) is 11.8. The summed E-state index contributed by atoms with van der Waals surface area (Å²) in [6, 6.07) is 5.70. The van der Waals surface area contributed by atoms with Crippen molar-refractivity contribution in [2.24, 2.45) is 0 Å². The number of hydrogen-bond acceptors (Lipinski definition) is 5. The number of pyridine rings is 1. The molecule has 0 unspecified atom stereocenters. The van der Waals surface area contributed by atoms with Crippen molar-refractivity contribution in [1.82, 2.24) is 20.3 Å². The molecule has 0 bridgehead atoms. The Labute approximate surface area is 141 Å². The van der Waals surface area contributed by atoms with Crippen molar-refractivity contribution in [3.63, 3.8) is 0 Å². The lowest BCUT2D eigenvalue weighted by Gasteiger charge is -2.20. The molecule has 3 rings (SSSR count). The summed E-state index contributed by atoms with van der Waals surface area (Å²) in [5.74, 6) is 1.09. The zero-order valence-corrected chi connectivity index (χ0v) is 13.6. The molecule has 24 heavy (non-hydrogen) atoms. The summed E-state index contributed by atoms with van der Waals surface area (Å²) in [5.41, 5.74) is 1.90. The number of amides is 1. The second kappa shape index (κ2) is 8.49. The Hall–Kier alpha value is -2.34. The van der Waals surface area contributed by atoms with E-state index in [-0.39, 0.29) is 11.8 Å². The van der Waals surface area contributed by atoms with E-state index in [0.29, 0.717) is 26.0 Å². The highest BCUT2D eigenvalue weighted by Crippen LogP contribution is 2.22. The molecule has 0 spiro atoms. The van der Waals surface area contributed by atoms with Crippen molar-refractivity contribution < 1.29 is 9.53 Å². The zero-order valence-electron chi connectivity index (χ0n) is 13.6. The van der Waals surface area contributed by atoms with Crippen LogP contribution in [-0.4, -0.2) is 34.1 Å². The lowest BCUT2D eigenvalue weighted by Crippen LogP contribution is -2.24. The summed E-state index contributed by atoms with van der Waals surface area (Å²) in [5, 5.41) is 2.92. The van der Waals surface area contributed by atoms with E-state index in [9.17, 15) is 4.79 Å². The van der Waals surface area contributed by atoms with Crippen LogP contribution in [0.3, 0.4) is 0 Å². The van der Waals surface area contributed by atoms with Crippen molar-refractivity contribution in [3.05, 3.63) is 53.9 Å². The summed E-state index contributed by atoms with van der Waals surface area (Å²) < 4.78 is 5.49. The molecule has 6 nitrogen and oxygen atoms in total. The largest absolute Gasteiger partial charge is 0.381 e. The first-order valence-corrected chi connectivity index (χ1v) is 8.36. The fourth-order valence-corrected chi connectivity index (χ4v) is 2.73. The van der Waals surface area contributed by atoms with E-state index in [1.807, 2.05) is 18.2 Å². The SMILES string of the molecule is O=C(CCc1cccnc1)NCc1ccnc([C@H]2CCCOC2)n1. The molecule has 1 atom stereocenters. The van der Waals surface area contributed by atoms with Gasteiger partial charge in [-0.2, -0.15) is 0 Å². The smallest absolute Gasteiger partial charge is 0.220 e. The number of aromatic nitrogens is 3. The van der Waals surface area contributed by atoms with Gasteiger partial charge in [0.25, 0.3) is 0 Å². The predicted octanol–water partition coefficient (Wildman–Crippen LogP) is 2.01. The highest BCUT2D eigenvalue weighted by Gasteiger charge is 2.18. The molecule has 1 aliphatic heterocycles. The van der Waals surface area contributed by atoms with E-state index in [0.717, 1.165) is 36.5 Å². The standard InChI is InChI=1S/C18H22N4O2/c23-17(6-5-14-3-1-8-19-11-14)21-12-16-7-9-20-18(22-16)15-4-2-10-24-13-15/h1,3,7-9,11,15H,2,4-6,10,12-13H2,(H,21,23)/t15-/m0/s1. The zero-order chi connectivity index (χ0) is 16.6. The number of nitrogens with one attached hydrogen (secondary N) is 1. The summed E-state index contributed by atoms with van der Waals surface area (Å²) >= 11 is 0. The Kier molecular flexibility index (Phi) is 5.85. The van der Waals surface area contributed by atoms with E-state index in [4.69, 9.17) is 4.74 Å². The van der Waals surface area contributed by atoms with Crippen LogP contribution in [0.15, 0.2) is 36.8 Å². The van der Waals surface area contributed by atoms with Crippen molar-refractivity contribution in [3.8, 4) is 0 Å². The molecule has 0 aliphatic carbocycles. The van der Waals surface area contributed by atoms with Crippen LogP contribution in [-0.2, 0) is 22.5 Å². The van der Waals surface area contributed by atoms with Gasteiger partial charge in [-0.1, -0.05) is 6.07 Å². The number of aryl methyl sites for hydroxylation is 1. The molecule has 1 aliphatic rings. The van der Waals surface area contributed by atoms with Gasteiger partial charge in [0.05, 0.1) is 18.8 Å². The topological polar surface area (TPSA) is 77.0 Å². The number of ether oxygens (including phenoxy) is 1. The maximum absolute atomic E-state index is 12.0. The third-order valence-electron chi connectivity index (χ3n) is 4.09. The van der Waals surface area contributed by atoms with E-state index < -0.39 is 0 Å². The van der Waals surface area contributed by atoms with Gasteiger partial charge in [0.1, 0.15) is 5.82 Å². The van der Waals surface area contributed by atoms with Crippen molar-refractivity contribution >= 4 is 5.91 Å². The Morgan fingerprint density at radius 2 is 2.29 bits per heavy atom. The maximum atomic E-state index is 12.0. The highest BCUT2D eigenvalue weighted by atomic mass is 16.5.